The van der Waals surface area contributed by atoms with Gasteiger partial charge in [0.25, 0.3) is 11.0 Å². The third-order valence-corrected chi connectivity index (χ3v) is 3.82. The summed E-state index contributed by atoms with van der Waals surface area (Å²) in [5, 5.41) is 26.1. The molecule has 9 nitrogen and oxygen atoms in total. The lowest BCUT2D eigenvalue weighted by Gasteiger charge is -2.12. The minimum Gasteiger partial charge on any atom is -0.370 e. The van der Waals surface area contributed by atoms with Crippen LogP contribution in [0.2, 0.25) is 0 Å². The summed E-state index contributed by atoms with van der Waals surface area (Å²) < 4.78 is 37.3. The summed E-state index contributed by atoms with van der Waals surface area (Å²) in [6, 6.07) is 10.2. The monoisotopic (exact) mass is 431 g/mol. The van der Waals surface area contributed by atoms with Crippen molar-refractivity contribution in [2.24, 2.45) is 5.73 Å². The van der Waals surface area contributed by atoms with Crippen molar-refractivity contribution < 1.29 is 28.3 Å². The fraction of sp³-hybridized carbons (Fsp3) is 0.125. The molecule has 0 fully saturated rings. The van der Waals surface area contributed by atoms with Gasteiger partial charge in [0.2, 0.25) is 0 Å². The van der Waals surface area contributed by atoms with Gasteiger partial charge in [-0.05, 0) is 54.6 Å². The van der Waals surface area contributed by atoms with Gasteiger partial charge in [-0.3, -0.25) is 10.2 Å². The molecule has 0 aliphatic rings. The molecule has 156 valence electrons. The molecule has 0 saturated carbocycles. The molecular formula is C16H16F3N5O4S. The molecule has 0 aliphatic carbocycles. The van der Waals surface area contributed by atoms with Crippen LogP contribution in [0.4, 0.5) is 24.5 Å². The predicted molar refractivity (Wildman–Crippen MR) is 102 cm³/mol. The normalized spacial score (nSPS) is 10.3. The zero-order chi connectivity index (χ0) is 22.2. The second-order valence-electron chi connectivity index (χ2n) is 5.34. The van der Waals surface area contributed by atoms with Crippen molar-refractivity contribution in [2.75, 3.05) is 10.6 Å². The molecule has 0 heterocycles. The maximum Gasteiger partial charge on any atom is 0.446 e. The van der Waals surface area contributed by atoms with Crippen molar-refractivity contribution in [3.63, 3.8) is 0 Å². The quantitative estimate of drug-likeness (QED) is 0.162. The Labute approximate surface area is 166 Å². The lowest BCUT2D eigenvalue weighted by atomic mass is 10.1. The largest absolute Gasteiger partial charge is 0.446 e. The van der Waals surface area contributed by atoms with E-state index in [9.17, 15) is 18.0 Å². The summed E-state index contributed by atoms with van der Waals surface area (Å²) in [6.07, 6.45) is 0. The number of hydrogen-bond acceptors (Lipinski definition) is 5. The number of alkyl halides is 3. The molecule has 0 saturated heterocycles. The number of hydrogen-bond donors (Lipinski definition) is 5. The van der Waals surface area contributed by atoms with E-state index in [0.717, 1.165) is 5.56 Å². The van der Waals surface area contributed by atoms with E-state index in [1.807, 2.05) is 0 Å². The van der Waals surface area contributed by atoms with Gasteiger partial charge in [-0.2, -0.15) is 13.2 Å². The van der Waals surface area contributed by atoms with E-state index in [1.165, 1.54) is 24.3 Å². The van der Waals surface area contributed by atoms with Gasteiger partial charge in [0.05, 0.1) is 0 Å². The first kappa shape index (κ1) is 23.6. The van der Waals surface area contributed by atoms with E-state index in [4.69, 9.17) is 26.5 Å². The van der Waals surface area contributed by atoms with Crippen LogP contribution in [0.15, 0.2) is 47.4 Å². The topological polar surface area (TPSA) is 154 Å². The Bertz CT molecular complexity index is 904. The molecule has 2 aromatic rings. The fourth-order valence-corrected chi connectivity index (χ4v) is 2.62. The molecule has 29 heavy (non-hydrogen) atoms. The summed E-state index contributed by atoms with van der Waals surface area (Å²) in [4.78, 5) is 20.6. The first-order valence-electron chi connectivity index (χ1n) is 7.59. The minimum atomic E-state index is -4.42. The third kappa shape index (κ3) is 9.32. The standard InChI is InChI=1S/C16H15F3N4OS.HNO3/c1-9-5-6-11(8-13(9)23-15(20)21)22-14(24)10-3-2-4-12(7-10)25-16(17,18)19;2-1(3)4/h2-8H,1H3,(H,22,24)(H4,20,21,23);(H,2,3,4). The molecule has 0 atom stereocenters. The number of anilines is 2. The number of nitrogens with one attached hydrogen (secondary N) is 3. The summed E-state index contributed by atoms with van der Waals surface area (Å²) in [7, 11) is 0. The Hall–Kier alpha value is -3.48. The van der Waals surface area contributed by atoms with Crippen LogP contribution in [0.1, 0.15) is 15.9 Å². The highest BCUT2D eigenvalue weighted by Crippen LogP contribution is 2.37. The highest BCUT2D eigenvalue weighted by molar-refractivity contribution is 8.00. The van der Waals surface area contributed by atoms with Crippen molar-refractivity contribution in [3.8, 4) is 0 Å². The van der Waals surface area contributed by atoms with Crippen molar-refractivity contribution in [1.82, 2.24) is 0 Å². The second kappa shape index (κ2) is 10.2. The summed E-state index contributed by atoms with van der Waals surface area (Å²) in [5.74, 6) is -0.786. The van der Waals surface area contributed by atoms with Crippen LogP contribution in [-0.2, 0) is 0 Å². The molecule has 2 rings (SSSR count). The Morgan fingerprint density at radius 1 is 1.24 bits per heavy atom. The lowest BCUT2D eigenvalue weighted by Crippen LogP contribution is -2.21. The maximum atomic E-state index is 12.4. The van der Waals surface area contributed by atoms with E-state index in [-0.39, 0.29) is 28.2 Å². The van der Waals surface area contributed by atoms with Gasteiger partial charge in [-0.1, -0.05) is 12.1 Å². The minimum absolute atomic E-state index is 0.0667. The number of aryl methyl sites for hydroxylation is 1. The average Bonchev–Trinajstić information content (AvgIpc) is 2.55. The number of halogens is 3. The Kier molecular flexibility index (Phi) is 8.26. The van der Waals surface area contributed by atoms with Gasteiger partial charge < -0.3 is 21.6 Å². The SMILES string of the molecule is Cc1ccc(NC(=O)c2cccc(SC(F)(F)F)c2)cc1NC(=N)N.O=[N+]([O-])O. The highest BCUT2D eigenvalue weighted by atomic mass is 32.2. The molecule has 13 heteroatoms. The first-order chi connectivity index (χ1) is 13.4. The van der Waals surface area contributed by atoms with Crippen molar-refractivity contribution >= 4 is 35.0 Å². The van der Waals surface area contributed by atoms with Crippen LogP contribution in [0, 0.1) is 22.4 Å². The Morgan fingerprint density at radius 3 is 2.41 bits per heavy atom. The van der Waals surface area contributed by atoms with Crippen molar-refractivity contribution in [3.05, 3.63) is 63.7 Å². The van der Waals surface area contributed by atoms with E-state index in [0.29, 0.717) is 11.4 Å². The number of rotatable bonds is 4. The predicted octanol–water partition coefficient (Wildman–Crippen LogP) is 3.82. The van der Waals surface area contributed by atoms with Gasteiger partial charge in [0.15, 0.2) is 5.96 Å². The highest BCUT2D eigenvalue weighted by Gasteiger charge is 2.29. The molecule has 0 aromatic heterocycles. The summed E-state index contributed by atoms with van der Waals surface area (Å²) >= 11 is -0.278. The Balaban J connectivity index is 0.000000960. The molecule has 0 aliphatic heterocycles. The molecule has 0 radical (unpaired) electrons. The number of benzene rings is 2. The molecule has 6 N–H and O–H groups in total. The average molecular weight is 431 g/mol. The zero-order valence-corrected chi connectivity index (χ0v) is 15.6. The van der Waals surface area contributed by atoms with Crippen LogP contribution in [-0.4, -0.2) is 27.7 Å². The van der Waals surface area contributed by atoms with Gasteiger partial charge in [-0.15, -0.1) is 10.1 Å². The third-order valence-electron chi connectivity index (χ3n) is 3.09. The van der Waals surface area contributed by atoms with Gasteiger partial charge in [0, 0.05) is 21.8 Å². The summed E-state index contributed by atoms with van der Waals surface area (Å²) in [6.45, 7) is 1.80. The Morgan fingerprint density at radius 2 is 1.86 bits per heavy atom. The van der Waals surface area contributed by atoms with E-state index < -0.39 is 16.5 Å². The van der Waals surface area contributed by atoms with E-state index in [1.54, 1.807) is 25.1 Å². The maximum absolute atomic E-state index is 12.4. The van der Waals surface area contributed by atoms with Crippen LogP contribution < -0.4 is 16.4 Å². The lowest BCUT2D eigenvalue weighted by molar-refractivity contribution is -0.742. The number of amides is 1. The molecule has 0 spiro atoms. The zero-order valence-electron chi connectivity index (χ0n) is 14.8. The first-order valence-corrected chi connectivity index (χ1v) is 8.41. The van der Waals surface area contributed by atoms with E-state index >= 15 is 0 Å². The van der Waals surface area contributed by atoms with Crippen molar-refractivity contribution in [2.45, 2.75) is 17.3 Å². The molecule has 0 bridgehead atoms. The fourth-order valence-electron chi connectivity index (χ4n) is 2.02. The number of carbonyl (C=O) groups excluding carboxylic acids is 1. The number of nitrogens with zero attached hydrogens (tertiary/aromatic N) is 1. The molecule has 1 amide bonds. The van der Waals surface area contributed by atoms with Crippen LogP contribution in [0.3, 0.4) is 0 Å². The van der Waals surface area contributed by atoms with E-state index in [2.05, 4.69) is 10.6 Å². The molecule has 2 aromatic carbocycles. The van der Waals surface area contributed by atoms with Crippen LogP contribution >= 0.6 is 11.8 Å². The van der Waals surface area contributed by atoms with Crippen LogP contribution in [0.5, 0.6) is 0 Å². The van der Waals surface area contributed by atoms with Gasteiger partial charge in [-0.25, -0.2) is 0 Å². The van der Waals surface area contributed by atoms with Gasteiger partial charge in [0.1, 0.15) is 0 Å². The number of guanidine groups is 1. The van der Waals surface area contributed by atoms with Crippen LogP contribution in [0.25, 0.3) is 0 Å². The molecular weight excluding hydrogens is 415 g/mol. The smallest absolute Gasteiger partial charge is 0.370 e. The molecule has 0 unspecified atom stereocenters. The second-order valence-corrected chi connectivity index (χ2v) is 6.47. The summed E-state index contributed by atoms with van der Waals surface area (Å²) in [5.41, 5.74) is 2.77. The van der Waals surface area contributed by atoms with Crippen molar-refractivity contribution in [1.29, 1.82) is 5.41 Å². The number of nitrogens with two attached hydrogens (primary N) is 1. The van der Waals surface area contributed by atoms with Gasteiger partial charge >= 0.3 is 5.51 Å². The number of carbonyl (C=O) groups is 1. The number of thioether (sulfide) groups is 1.